The Morgan fingerprint density at radius 1 is 1.00 bits per heavy atom. The van der Waals surface area contributed by atoms with Crippen LogP contribution in [0.4, 0.5) is 0 Å². The molecule has 7 heteroatoms. The van der Waals surface area contributed by atoms with E-state index in [1.165, 1.54) is 6.08 Å². The number of amides is 1. The minimum absolute atomic E-state index is 0.253. The number of halogens is 2. The van der Waals surface area contributed by atoms with Crippen molar-refractivity contribution in [1.82, 2.24) is 5.32 Å². The van der Waals surface area contributed by atoms with Crippen molar-refractivity contribution in [3.8, 4) is 17.2 Å². The van der Waals surface area contributed by atoms with Crippen LogP contribution in [0.25, 0.3) is 6.08 Å². The van der Waals surface area contributed by atoms with Gasteiger partial charge in [0.15, 0.2) is 11.5 Å². The second kappa shape index (κ2) is 9.36. The molecule has 0 fully saturated rings. The van der Waals surface area contributed by atoms with Crippen LogP contribution in [0.5, 0.6) is 17.2 Å². The second-order valence-corrected chi connectivity index (χ2v) is 6.02. The molecule has 1 N–H and O–H groups in total. The molecule has 1 amide bonds. The molecule has 2 aromatic carbocycles. The molecule has 5 nitrogen and oxygen atoms in total. The van der Waals surface area contributed by atoms with Crippen molar-refractivity contribution in [3.63, 3.8) is 0 Å². The normalized spacial score (nSPS) is 10.7. The first-order valence-corrected chi connectivity index (χ1v) is 8.44. The molecule has 0 aromatic heterocycles. The number of hydrogen-bond donors (Lipinski definition) is 1. The molecule has 138 valence electrons. The first kappa shape index (κ1) is 19.9. The van der Waals surface area contributed by atoms with E-state index >= 15 is 0 Å². The molecule has 0 aliphatic rings. The molecule has 0 radical (unpaired) electrons. The van der Waals surface area contributed by atoms with E-state index in [1.807, 2.05) is 0 Å². The molecule has 0 aliphatic heterocycles. The zero-order valence-corrected chi connectivity index (χ0v) is 16.1. The zero-order chi connectivity index (χ0) is 19.1. The quantitative estimate of drug-likeness (QED) is 0.708. The SMILES string of the molecule is COc1cc(OC)c(OC)cc1CNC(=O)/C=C/c1c(Cl)cccc1Cl. The van der Waals surface area contributed by atoms with Crippen molar-refractivity contribution in [3.05, 3.63) is 57.6 Å². The van der Waals surface area contributed by atoms with E-state index < -0.39 is 0 Å². The standard InChI is InChI=1S/C19H19Cl2NO4/c1-24-16-10-18(26-3)17(25-2)9-12(16)11-22-19(23)8-7-13-14(20)5-4-6-15(13)21/h4-10H,11H2,1-3H3,(H,22,23)/b8-7+. The third-order valence-corrected chi connectivity index (χ3v) is 4.30. The first-order chi connectivity index (χ1) is 12.5. The van der Waals surface area contributed by atoms with Crippen LogP contribution >= 0.6 is 23.2 Å². The minimum Gasteiger partial charge on any atom is -0.496 e. The van der Waals surface area contributed by atoms with Crippen molar-refractivity contribution >= 4 is 35.2 Å². The van der Waals surface area contributed by atoms with Crippen molar-refractivity contribution in [2.45, 2.75) is 6.54 Å². The third-order valence-electron chi connectivity index (χ3n) is 3.64. The van der Waals surface area contributed by atoms with E-state index in [0.29, 0.717) is 32.9 Å². The minimum atomic E-state index is -0.294. The number of methoxy groups -OCH3 is 3. The lowest BCUT2D eigenvalue weighted by molar-refractivity contribution is -0.116. The summed E-state index contributed by atoms with van der Waals surface area (Å²) >= 11 is 12.2. The van der Waals surface area contributed by atoms with Gasteiger partial charge in [0.25, 0.3) is 0 Å². The number of benzene rings is 2. The van der Waals surface area contributed by atoms with Gasteiger partial charge in [-0.25, -0.2) is 0 Å². The fraction of sp³-hybridized carbons (Fsp3) is 0.211. The summed E-state index contributed by atoms with van der Waals surface area (Å²) in [6.45, 7) is 0.253. The average Bonchev–Trinajstić information content (AvgIpc) is 2.65. The molecule has 0 heterocycles. The van der Waals surface area contributed by atoms with Gasteiger partial charge in [-0.05, 0) is 24.3 Å². The fourth-order valence-electron chi connectivity index (χ4n) is 2.30. The Morgan fingerprint density at radius 2 is 1.58 bits per heavy atom. The molecule has 2 aromatic rings. The van der Waals surface area contributed by atoms with Gasteiger partial charge in [0.1, 0.15) is 5.75 Å². The van der Waals surface area contributed by atoms with E-state index in [4.69, 9.17) is 37.4 Å². The molecule has 0 saturated carbocycles. The predicted molar refractivity (Wildman–Crippen MR) is 103 cm³/mol. The number of nitrogens with one attached hydrogen (secondary N) is 1. The van der Waals surface area contributed by atoms with Gasteiger partial charge in [-0.2, -0.15) is 0 Å². The lowest BCUT2D eigenvalue weighted by Crippen LogP contribution is -2.20. The zero-order valence-electron chi connectivity index (χ0n) is 14.6. The number of rotatable bonds is 7. The summed E-state index contributed by atoms with van der Waals surface area (Å²) in [7, 11) is 4.64. The highest BCUT2D eigenvalue weighted by molar-refractivity contribution is 6.37. The molecular weight excluding hydrogens is 377 g/mol. The van der Waals surface area contributed by atoms with Crippen LogP contribution < -0.4 is 19.5 Å². The molecule has 0 aliphatic carbocycles. The molecular formula is C19H19Cl2NO4. The van der Waals surface area contributed by atoms with Crippen molar-refractivity contribution in [2.75, 3.05) is 21.3 Å². The number of ether oxygens (including phenoxy) is 3. The fourth-order valence-corrected chi connectivity index (χ4v) is 2.82. The van der Waals surface area contributed by atoms with E-state index in [-0.39, 0.29) is 12.5 Å². The maximum absolute atomic E-state index is 12.1. The van der Waals surface area contributed by atoms with Crippen LogP contribution in [0.2, 0.25) is 10.0 Å². The largest absolute Gasteiger partial charge is 0.496 e. The number of carbonyl (C=O) groups excluding carboxylic acids is 1. The van der Waals surface area contributed by atoms with E-state index in [0.717, 1.165) is 5.56 Å². The van der Waals surface area contributed by atoms with Crippen LogP contribution in [0.15, 0.2) is 36.4 Å². The average molecular weight is 396 g/mol. The molecule has 2 rings (SSSR count). The highest BCUT2D eigenvalue weighted by Crippen LogP contribution is 2.34. The summed E-state index contributed by atoms with van der Waals surface area (Å²) in [6.07, 6.45) is 2.95. The highest BCUT2D eigenvalue weighted by atomic mass is 35.5. The molecule has 26 heavy (non-hydrogen) atoms. The van der Waals surface area contributed by atoms with Gasteiger partial charge in [0.2, 0.25) is 5.91 Å². The molecule has 0 unspecified atom stereocenters. The van der Waals surface area contributed by atoms with Crippen molar-refractivity contribution < 1.29 is 19.0 Å². The van der Waals surface area contributed by atoms with Crippen LogP contribution in [-0.4, -0.2) is 27.2 Å². The maximum atomic E-state index is 12.1. The summed E-state index contributed by atoms with van der Waals surface area (Å²) in [5.74, 6) is 1.39. The first-order valence-electron chi connectivity index (χ1n) is 7.69. The summed E-state index contributed by atoms with van der Waals surface area (Å²) in [4.78, 5) is 12.1. The van der Waals surface area contributed by atoms with E-state index in [1.54, 1.807) is 57.7 Å². The van der Waals surface area contributed by atoms with E-state index in [9.17, 15) is 4.79 Å². The smallest absolute Gasteiger partial charge is 0.244 e. The van der Waals surface area contributed by atoms with Crippen LogP contribution in [-0.2, 0) is 11.3 Å². The Morgan fingerprint density at radius 3 is 2.15 bits per heavy atom. The Hall–Kier alpha value is -2.37. The molecule has 0 spiro atoms. The van der Waals surface area contributed by atoms with Gasteiger partial charge in [-0.1, -0.05) is 29.3 Å². The summed E-state index contributed by atoms with van der Waals surface area (Å²) < 4.78 is 15.9. The summed E-state index contributed by atoms with van der Waals surface area (Å²) in [6, 6.07) is 8.62. The van der Waals surface area contributed by atoms with Crippen LogP contribution in [0.1, 0.15) is 11.1 Å². The second-order valence-electron chi connectivity index (χ2n) is 5.21. The molecule has 0 bridgehead atoms. The van der Waals surface area contributed by atoms with Gasteiger partial charge < -0.3 is 19.5 Å². The van der Waals surface area contributed by atoms with Gasteiger partial charge >= 0.3 is 0 Å². The topological polar surface area (TPSA) is 56.8 Å². The van der Waals surface area contributed by atoms with Gasteiger partial charge in [0.05, 0.1) is 21.3 Å². The summed E-state index contributed by atoms with van der Waals surface area (Å²) in [5, 5.41) is 3.73. The maximum Gasteiger partial charge on any atom is 0.244 e. The lowest BCUT2D eigenvalue weighted by atomic mass is 10.1. The predicted octanol–water partition coefficient (Wildman–Crippen LogP) is 4.35. The van der Waals surface area contributed by atoms with Gasteiger partial charge in [-0.3, -0.25) is 4.79 Å². The Bertz CT molecular complexity index is 801. The Kier molecular flexibility index (Phi) is 7.18. The molecule has 0 saturated heterocycles. The number of carbonyl (C=O) groups is 1. The lowest BCUT2D eigenvalue weighted by Gasteiger charge is -2.14. The van der Waals surface area contributed by atoms with Crippen molar-refractivity contribution in [2.24, 2.45) is 0 Å². The number of hydrogen-bond acceptors (Lipinski definition) is 4. The van der Waals surface area contributed by atoms with Crippen LogP contribution in [0.3, 0.4) is 0 Å². The third kappa shape index (κ3) is 4.84. The summed E-state index contributed by atoms with van der Waals surface area (Å²) in [5.41, 5.74) is 1.34. The van der Waals surface area contributed by atoms with Gasteiger partial charge in [0, 0.05) is 39.9 Å². The highest BCUT2D eigenvalue weighted by Gasteiger charge is 2.12. The Balaban J connectivity index is 2.11. The van der Waals surface area contributed by atoms with Crippen molar-refractivity contribution in [1.29, 1.82) is 0 Å². The monoisotopic (exact) mass is 395 g/mol. The Labute approximate surface area is 162 Å². The van der Waals surface area contributed by atoms with Crippen LogP contribution in [0, 0.1) is 0 Å². The van der Waals surface area contributed by atoms with E-state index in [2.05, 4.69) is 5.32 Å². The van der Waals surface area contributed by atoms with Gasteiger partial charge in [-0.15, -0.1) is 0 Å². The molecule has 0 atom stereocenters.